The summed E-state index contributed by atoms with van der Waals surface area (Å²) in [5.41, 5.74) is 2.73. The van der Waals surface area contributed by atoms with Gasteiger partial charge in [-0.05, 0) is 36.6 Å². The smallest absolute Gasteiger partial charge is 0.339 e. The monoisotopic (exact) mass is 478 g/mol. The van der Waals surface area contributed by atoms with Crippen molar-refractivity contribution in [3.63, 3.8) is 0 Å². The standard InChI is InChI=1S/C24H22N4O5S/c1-14-22-16(12-17(20-5-3-10-34-20)26-23(22)28(2)27-14)24(30)33-13-21(29)25-15-6-7-18-19(11-15)32-9-4-8-31-18/h3,5-7,10-12H,4,8-9,13H2,1-2H3,(H,25,29). The maximum atomic E-state index is 13.0. The number of anilines is 1. The van der Waals surface area contributed by atoms with E-state index in [-0.39, 0.29) is 0 Å². The number of hydrogen-bond donors (Lipinski definition) is 1. The van der Waals surface area contributed by atoms with E-state index in [9.17, 15) is 9.59 Å². The van der Waals surface area contributed by atoms with Gasteiger partial charge in [-0.15, -0.1) is 11.3 Å². The molecule has 0 bridgehead atoms. The number of thiophene rings is 1. The van der Waals surface area contributed by atoms with E-state index in [0.29, 0.717) is 58.4 Å². The molecule has 0 saturated carbocycles. The predicted octanol–water partition coefficient (Wildman–Crippen LogP) is 3.96. The zero-order valence-corrected chi connectivity index (χ0v) is 19.5. The lowest BCUT2D eigenvalue weighted by Gasteiger charge is -2.11. The SMILES string of the molecule is Cc1nn(C)c2nc(-c3cccs3)cc(C(=O)OCC(=O)Nc3ccc4c(c3)OCCCO4)c12. The Labute approximate surface area is 199 Å². The van der Waals surface area contributed by atoms with Gasteiger partial charge in [0.15, 0.2) is 23.8 Å². The summed E-state index contributed by atoms with van der Waals surface area (Å²) in [7, 11) is 1.78. The number of benzene rings is 1. The molecule has 1 N–H and O–H groups in total. The molecule has 1 amide bonds. The molecule has 0 unspecified atom stereocenters. The van der Waals surface area contributed by atoms with Crippen molar-refractivity contribution in [3.05, 3.63) is 53.0 Å². The van der Waals surface area contributed by atoms with Crippen LogP contribution in [0.15, 0.2) is 41.8 Å². The van der Waals surface area contributed by atoms with E-state index in [1.54, 1.807) is 36.0 Å². The molecule has 4 heterocycles. The van der Waals surface area contributed by atoms with Crippen LogP contribution in [0.2, 0.25) is 0 Å². The van der Waals surface area contributed by atoms with Crippen LogP contribution in [0.1, 0.15) is 22.5 Å². The van der Waals surface area contributed by atoms with Crippen molar-refractivity contribution < 1.29 is 23.8 Å². The fourth-order valence-corrected chi connectivity index (χ4v) is 4.49. The Morgan fingerprint density at radius 2 is 2.00 bits per heavy atom. The fourth-order valence-electron chi connectivity index (χ4n) is 3.80. The zero-order chi connectivity index (χ0) is 23.7. The Morgan fingerprint density at radius 1 is 1.18 bits per heavy atom. The zero-order valence-electron chi connectivity index (χ0n) is 18.7. The number of nitrogens with one attached hydrogen (secondary N) is 1. The van der Waals surface area contributed by atoms with Crippen LogP contribution < -0.4 is 14.8 Å². The van der Waals surface area contributed by atoms with E-state index < -0.39 is 18.5 Å². The van der Waals surface area contributed by atoms with Crippen molar-refractivity contribution in [3.8, 4) is 22.1 Å². The Morgan fingerprint density at radius 3 is 2.79 bits per heavy atom. The van der Waals surface area contributed by atoms with Crippen LogP contribution in [0, 0.1) is 6.92 Å². The van der Waals surface area contributed by atoms with Crippen LogP contribution in [0.3, 0.4) is 0 Å². The first-order valence-electron chi connectivity index (χ1n) is 10.7. The van der Waals surface area contributed by atoms with Crippen molar-refractivity contribution in [2.75, 3.05) is 25.1 Å². The molecule has 0 spiro atoms. The van der Waals surface area contributed by atoms with Gasteiger partial charge in [-0.2, -0.15) is 5.10 Å². The van der Waals surface area contributed by atoms with Gasteiger partial charge in [0.1, 0.15) is 0 Å². The van der Waals surface area contributed by atoms with E-state index in [1.165, 1.54) is 11.3 Å². The van der Waals surface area contributed by atoms with Gasteiger partial charge < -0.3 is 19.5 Å². The molecule has 1 aliphatic rings. The summed E-state index contributed by atoms with van der Waals surface area (Å²) in [5, 5.41) is 9.67. The molecule has 0 aliphatic carbocycles. The molecular weight excluding hydrogens is 456 g/mol. The average Bonchev–Trinajstić information content (AvgIpc) is 3.39. The van der Waals surface area contributed by atoms with Crippen molar-refractivity contribution in [1.29, 1.82) is 0 Å². The minimum absolute atomic E-state index is 0.322. The number of fused-ring (bicyclic) bond motifs is 2. The first-order valence-corrected chi connectivity index (χ1v) is 11.6. The fraction of sp³-hybridized carbons (Fsp3) is 0.250. The van der Waals surface area contributed by atoms with Gasteiger partial charge in [-0.1, -0.05) is 6.07 Å². The lowest BCUT2D eigenvalue weighted by Crippen LogP contribution is -2.21. The van der Waals surface area contributed by atoms with E-state index in [0.717, 1.165) is 11.3 Å². The van der Waals surface area contributed by atoms with Crippen molar-refractivity contribution in [1.82, 2.24) is 14.8 Å². The predicted molar refractivity (Wildman–Crippen MR) is 128 cm³/mol. The first-order chi connectivity index (χ1) is 16.5. The number of hydrogen-bond acceptors (Lipinski definition) is 8. The summed E-state index contributed by atoms with van der Waals surface area (Å²) < 4.78 is 18.3. The van der Waals surface area contributed by atoms with E-state index in [1.807, 2.05) is 24.4 Å². The molecule has 174 valence electrons. The third-order valence-electron chi connectivity index (χ3n) is 5.33. The van der Waals surface area contributed by atoms with Crippen LogP contribution in [0.4, 0.5) is 5.69 Å². The minimum Gasteiger partial charge on any atom is -0.490 e. The number of ether oxygens (including phenoxy) is 3. The number of aromatic nitrogens is 3. The average molecular weight is 479 g/mol. The van der Waals surface area contributed by atoms with Gasteiger partial charge in [0.2, 0.25) is 0 Å². The molecule has 1 aliphatic heterocycles. The quantitative estimate of drug-likeness (QED) is 0.433. The summed E-state index contributed by atoms with van der Waals surface area (Å²) >= 11 is 1.52. The molecule has 0 radical (unpaired) electrons. The largest absolute Gasteiger partial charge is 0.490 e. The second-order valence-corrected chi connectivity index (χ2v) is 8.72. The number of nitrogens with zero attached hydrogens (tertiary/aromatic N) is 3. The van der Waals surface area contributed by atoms with Crippen LogP contribution in [0.25, 0.3) is 21.6 Å². The molecule has 3 aromatic heterocycles. The number of esters is 1. The summed E-state index contributed by atoms with van der Waals surface area (Å²) in [4.78, 5) is 31.1. The van der Waals surface area contributed by atoms with Gasteiger partial charge in [0.25, 0.3) is 5.91 Å². The van der Waals surface area contributed by atoms with E-state index in [2.05, 4.69) is 15.4 Å². The Bertz CT molecular complexity index is 1380. The maximum absolute atomic E-state index is 13.0. The molecule has 1 aromatic carbocycles. The van der Waals surface area contributed by atoms with Crippen LogP contribution >= 0.6 is 11.3 Å². The number of carbonyl (C=O) groups is 2. The molecule has 5 rings (SSSR count). The lowest BCUT2D eigenvalue weighted by molar-refractivity contribution is -0.119. The van der Waals surface area contributed by atoms with Crippen LogP contribution in [-0.2, 0) is 16.6 Å². The van der Waals surface area contributed by atoms with Crippen molar-refractivity contribution >= 4 is 39.9 Å². The van der Waals surface area contributed by atoms with E-state index >= 15 is 0 Å². The summed E-state index contributed by atoms with van der Waals surface area (Å²) in [6.07, 6.45) is 0.791. The normalized spacial score (nSPS) is 12.9. The Kier molecular flexibility index (Phi) is 5.89. The van der Waals surface area contributed by atoms with Gasteiger partial charge in [-0.3, -0.25) is 9.48 Å². The van der Waals surface area contributed by atoms with Gasteiger partial charge in [0.05, 0.1) is 40.4 Å². The molecule has 34 heavy (non-hydrogen) atoms. The number of pyridine rings is 1. The summed E-state index contributed by atoms with van der Waals surface area (Å²) in [6.45, 7) is 2.50. The molecule has 0 saturated heterocycles. The molecule has 0 fully saturated rings. The van der Waals surface area contributed by atoms with Gasteiger partial charge in [-0.25, -0.2) is 9.78 Å². The van der Waals surface area contributed by atoms with Crippen LogP contribution in [-0.4, -0.2) is 46.5 Å². The Hall–Kier alpha value is -3.92. The second kappa shape index (κ2) is 9.14. The van der Waals surface area contributed by atoms with Gasteiger partial charge in [0, 0.05) is 25.2 Å². The molecular formula is C24H22N4O5S. The molecule has 10 heteroatoms. The minimum atomic E-state index is -0.616. The maximum Gasteiger partial charge on any atom is 0.339 e. The molecule has 0 atom stereocenters. The number of carbonyl (C=O) groups excluding carboxylic acids is 2. The van der Waals surface area contributed by atoms with E-state index in [4.69, 9.17) is 14.2 Å². The number of amides is 1. The van der Waals surface area contributed by atoms with Gasteiger partial charge >= 0.3 is 5.97 Å². The van der Waals surface area contributed by atoms with Crippen LogP contribution in [0.5, 0.6) is 11.5 Å². The van der Waals surface area contributed by atoms with Crippen molar-refractivity contribution in [2.45, 2.75) is 13.3 Å². The number of rotatable bonds is 5. The molecule has 4 aromatic rings. The number of aryl methyl sites for hydroxylation is 2. The third kappa shape index (κ3) is 4.32. The Balaban J connectivity index is 1.33. The summed E-state index contributed by atoms with van der Waals surface area (Å²) in [5.74, 6) is 0.126. The highest BCUT2D eigenvalue weighted by molar-refractivity contribution is 7.13. The third-order valence-corrected chi connectivity index (χ3v) is 6.22. The highest BCUT2D eigenvalue weighted by atomic mass is 32.1. The summed E-state index contributed by atoms with van der Waals surface area (Å²) in [6, 6.07) is 10.7. The first kappa shape index (κ1) is 21.9. The highest BCUT2D eigenvalue weighted by Gasteiger charge is 2.21. The highest BCUT2D eigenvalue weighted by Crippen LogP contribution is 2.32. The van der Waals surface area contributed by atoms with Crippen molar-refractivity contribution in [2.24, 2.45) is 7.05 Å². The lowest BCUT2D eigenvalue weighted by atomic mass is 10.1. The second-order valence-electron chi connectivity index (χ2n) is 7.78. The molecule has 9 nitrogen and oxygen atoms in total. The topological polar surface area (TPSA) is 105 Å².